The number of nitrogens with zero attached hydrogens (tertiary/aromatic N) is 4. The molecule has 0 bridgehead atoms. The molecule has 2 aromatic rings. The first kappa shape index (κ1) is 22.9. The summed E-state index contributed by atoms with van der Waals surface area (Å²) in [6.45, 7) is 7.78. The Kier molecular flexibility index (Phi) is 8.11. The second kappa shape index (κ2) is 11.0. The molecule has 1 N–H and O–H groups in total. The summed E-state index contributed by atoms with van der Waals surface area (Å²) in [6.07, 6.45) is 1.98. The van der Waals surface area contributed by atoms with Crippen molar-refractivity contribution in [2.45, 2.75) is 39.3 Å². The Morgan fingerprint density at radius 2 is 1.65 bits per heavy atom. The van der Waals surface area contributed by atoms with Crippen LogP contribution in [0.2, 0.25) is 0 Å². The van der Waals surface area contributed by atoms with E-state index in [-0.39, 0.29) is 18.1 Å². The van der Waals surface area contributed by atoms with E-state index in [1.54, 1.807) is 7.11 Å². The highest BCUT2D eigenvalue weighted by molar-refractivity contribution is 5.43. The van der Waals surface area contributed by atoms with E-state index >= 15 is 0 Å². The number of methoxy groups -OCH3 is 3. The van der Waals surface area contributed by atoms with E-state index in [0.29, 0.717) is 18.5 Å². The van der Waals surface area contributed by atoms with Crippen LogP contribution >= 0.6 is 0 Å². The van der Waals surface area contributed by atoms with Crippen molar-refractivity contribution in [1.82, 2.24) is 19.9 Å². The molecule has 3 rings (SSSR count). The van der Waals surface area contributed by atoms with Crippen molar-refractivity contribution in [3.05, 3.63) is 23.8 Å². The third-order valence-corrected chi connectivity index (χ3v) is 5.09. The fourth-order valence-electron chi connectivity index (χ4n) is 3.45. The molecule has 1 aliphatic heterocycles. The zero-order chi connectivity index (χ0) is 22.2. The number of anilines is 1. The van der Waals surface area contributed by atoms with E-state index in [1.807, 2.05) is 6.07 Å². The van der Waals surface area contributed by atoms with Crippen LogP contribution in [0.4, 0.5) is 5.95 Å². The summed E-state index contributed by atoms with van der Waals surface area (Å²) in [5.41, 5.74) is 1.22. The van der Waals surface area contributed by atoms with Crippen molar-refractivity contribution < 1.29 is 18.9 Å². The molecule has 1 fully saturated rings. The maximum atomic E-state index is 5.95. The number of hydrogen-bond donors (Lipinski definition) is 1. The monoisotopic (exact) mass is 431 g/mol. The van der Waals surface area contributed by atoms with Crippen LogP contribution in [-0.4, -0.2) is 66.9 Å². The van der Waals surface area contributed by atoms with E-state index in [2.05, 4.69) is 51.1 Å². The molecule has 0 atom stereocenters. The summed E-state index contributed by atoms with van der Waals surface area (Å²) in [5, 5.41) is 3.38. The number of nitrogens with one attached hydrogen (secondary N) is 1. The SMILES string of the molecule is COc1nc(NC2CCN(Cc3ccc(OC)c(OCC(C)C)c3)CC2)nc(OC)n1. The van der Waals surface area contributed by atoms with Crippen LogP contribution in [0.3, 0.4) is 0 Å². The number of benzene rings is 1. The third kappa shape index (κ3) is 6.58. The van der Waals surface area contributed by atoms with Crippen LogP contribution < -0.4 is 24.3 Å². The number of aromatic nitrogens is 3. The topological polar surface area (TPSA) is 90.9 Å². The minimum absolute atomic E-state index is 0.238. The molecule has 0 saturated carbocycles. The normalized spacial score (nSPS) is 15.0. The predicted molar refractivity (Wildman–Crippen MR) is 118 cm³/mol. The summed E-state index contributed by atoms with van der Waals surface area (Å²) in [7, 11) is 4.72. The Bertz CT molecular complexity index is 818. The molecule has 1 aromatic carbocycles. The van der Waals surface area contributed by atoms with Crippen molar-refractivity contribution in [3.8, 4) is 23.5 Å². The Balaban J connectivity index is 1.55. The molecule has 0 spiro atoms. The first-order valence-corrected chi connectivity index (χ1v) is 10.6. The summed E-state index contributed by atoms with van der Waals surface area (Å²) < 4.78 is 21.6. The van der Waals surface area contributed by atoms with Crippen molar-refractivity contribution in [3.63, 3.8) is 0 Å². The first-order valence-electron chi connectivity index (χ1n) is 10.6. The maximum absolute atomic E-state index is 5.95. The van der Waals surface area contributed by atoms with E-state index in [1.165, 1.54) is 19.8 Å². The standard InChI is InChI=1S/C22H33N5O4/c1-15(2)14-31-19-12-16(6-7-18(19)28-3)13-27-10-8-17(9-11-27)23-20-24-21(29-4)26-22(25-20)30-5/h6-7,12,15,17H,8-11,13-14H2,1-5H3,(H,23,24,25,26). The van der Waals surface area contributed by atoms with Gasteiger partial charge in [-0.25, -0.2) is 0 Å². The molecule has 2 heterocycles. The van der Waals surface area contributed by atoms with Crippen LogP contribution in [0, 0.1) is 5.92 Å². The van der Waals surface area contributed by atoms with Crippen molar-refractivity contribution in [2.75, 3.05) is 46.3 Å². The smallest absolute Gasteiger partial charge is 0.324 e. The maximum Gasteiger partial charge on any atom is 0.324 e. The molecule has 1 aliphatic rings. The van der Waals surface area contributed by atoms with Gasteiger partial charge in [0.25, 0.3) is 0 Å². The summed E-state index contributed by atoms with van der Waals surface area (Å²) in [6, 6.07) is 6.95. The Labute approximate surface area is 184 Å². The Hall–Kier alpha value is -2.81. The lowest BCUT2D eigenvalue weighted by Crippen LogP contribution is -2.39. The fourth-order valence-corrected chi connectivity index (χ4v) is 3.45. The molecular formula is C22H33N5O4. The number of hydrogen-bond acceptors (Lipinski definition) is 9. The van der Waals surface area contributed by atoms with Gasteiger partial charge in [-0.3, -0.25) is 4.90 Å². The highest BCUT2D eigenvalue weighted by atomic mass is 16.5. The van der Waals surface area contributed by atoms with Crippen molar-refractivity contribution in [1.29, 1.82) is 0 Å². The van der Waals surface area contributed by atoms with Crippen molar-refractivity contribution >= 4 is 5.95 Å². The van der Waals surface area contributed by atoms with Gasteiger partial charge in [0.05, 0.1) is 27.9 Å². The predicted octanol–water partition coefficient (Wildman–Crippen LogP) is 3.01. The lowest BCUT2D eigenvalue weighted by Gasteiger charge is -2.32. The molecule has 170 valence electrons. The van der Waals surface area contributed by atoms with Crippen LogP contribution in [0.1, 0.15) is 32.3 Å². The van der Waals surface area contributed by atoms with E-state index in [9.17, 15) is 0 Å². The molecule has 0 radical (unpaired) electrons. The molecule has 1 aromatic heterocycles. The Morgan fingerprint density at radius 1 is 0.968 bits per heavy atom. The van der Waals surface area contributed by atoms with Gasteiger partial charge in [0.15, 0.2) is 11.5 Å². The minimum atomic E-state index is 0.238. The number of likely N-dealkylation sites (tertiary alicyclic amines) is 1. The second-order valence-electron chi connectivity index (χ2n) is 8.02. The van der Waals surface area contributed by atoms with Gasteiger partial charge in [-0.05, 0) is 36.5 Å². The average molecular weight is 432 g/mol. The van der Waals surface area contributed by atoms with Gasteiger partial charge in [0.2, 0.25) is 5.95 Å². The highest BCUT2D eigenvalue weighted by Crippen LogP contribution is 2.29. The summed E-state index contributed by atoms with van der Waals surface area (Å²) in [4.78, 5) is 15.0. The minimum Gasteiger partial charge on any atom is -0.493 e. The molecular weight excluding hydrogens is 398 g/mol. The lowest BCUT2D eigenvalue weighted by molar-refractivity contribution is 0.210. The molecule has 9 heteroatoms. The Morgan fingerprint density at radius 3 is 2.23 bits per heavy atom. The van der Waals surface area contributed by atoms with Gasteiger partial charge < -0.3 is 24.3 Å². The van der Waals surface area contributed by atoms with Crippen LogP contribution in [0.5, 0.6) is 23.5 Å². The average Bonchev–Trinajstić information content (AvgIpc) is 2.78. The van der Waals surface area contributed by atoms with Crippen molar-refractivity contribution in [2.24, 2.45) is 5.92 Å². The molecule has 0 unspecified atom stereocenters. The number of rotatable bonds is 10. The molecule has 1 saturated heterocycles. The second-order valence-corrected chi connectivity index (χ2v) is 8.02. The fraction of sp³-hybridized carbons (Fsp3) is 0.591. The van der Waals surface area contributed by atoms with Gasteiger partial charge in [0, 0.05) is 25.7 Å². The molecule has 9 nitrogen and oxygen atoms in total. The molecule has 31 heavy (non-hydrogen) atoms. The van der Waals surface area contributed by atoms with Crippen LogP contribution in [0.15, 0.2) is 18.2 Å². The lowest BCUT2D eigenvalue weighted by atomic mass is 10.0. The molecule has 0 aliphatic carbocycles. The van der Waals surface area contributed by atoms with Gasteiger partial charge in [-0.1, -0.05) is 19.9 Å². The number of ether oxygens (including phenoxy) is 4. The molecule has 0 amide bonds. The van der Waals surface area contributed by atoms with E-state index in [4.69, 9.17) is 18.9 Å². The van der Waals surface area contributed by atoms with Gasteiger partial charge in [0.1, 0.15) is 0 Å². The van der Waals surface area contributed by atoms with Crippen LogP contribution in [-0.2, 0) is 6.54 Å². The van der Waals surface area contributed by atoms with Gasteiger partial charge in [-0.15, -0.1) is 4.98 Å². The van der Waals surface area contributed by atoms with E-state index in [0.717, 1.165) is 44.0 Å². The zero-order valence-electron chi connectivity index (χ0n) is 19.1. The largest absolute Gasteiger partial charge is 0.493 e. The quantitative estimate of drug-likeness (QED) is 0.609. The highest BCUT2D eigenvalue weighted by Gasteiger charge is 2.21. The third-order valence-electron chi connectivity index (χ3n) is 5.09. The van der Waals surface area contributed by atoms with Gasteiger partial charge in [-0.2, -0.15) is 9.97 Å². The summed E-state index contributed by atoms with van der Waals surface area (Å²) >= 11 is 0. The van der Waals surface area contributed by atoms with Gasteiger partial charge >= 0.3 is 12.0 Å². The summed E-state index contributed by atoms with van der Waals surface area (Å²) in [5.74, 6) is 2.52. The number of piperidine rings is 1. The first-order chi connectivity index (χ1) is 15.0. The van der Waals surface area contributed by atoms with Crippen LogP contribution in [0.25, 0.3) is 0 Å². The zero-order valence-corrected chi connectivity index (χ0v) is 19.1. The van der Waals surface area contributed by atoms with E-state index < -0.39 is 0 Å².